The maximum atomic E-state index is 12.7. The van der Waals surface area contributed by atoms with Crippen LogP contribution >= 0.6 is 0 Å². The minimum Gasteiger partial charge on any atom is -0.481 e. The highest BCUT2D eigenvalue weighted by molar-refractivity contribution is 5.81. The Labute approximate surface area is 137 Å². The third-order valence-corrected chi connectivity index (χ3v) is 4.60. The standard InChI is InChI=1S/C18H25NO4/c1-3-16(23-15-6-4-14(2)5-7-15)17(20)19-10-8-18(9-11-19)21-12-13-22-18/h4-7,16H,3,8-13H2,1-2H3. The zero-order valence-electron chi connectivity index (χ0n) is 13.9. The van der Waals surface area contributed by atoms with Gasteiger partial charge < -0.3 is 19.1 Å². The van der Waals surface area contributed by atoms with Crippen LogP contribution in [0.2, 0.25) is 0 Å². The van der Waals surface area contributed by atoms with Gasteiger partial charge >= 0.3 is 0 Å². The van der Waals surface area contributed by atoms with Crippen LogP contribution in [0, 0.1) is 6.92 Å². The molecule has 1 amide bonds. The molecule has 1 spiro atoms. The molecule has 0 saturated carbocycles. The Morgan fingerprint density at radius 1 is 1.22 bits per heavy atom. The van der Waals surface area contributed by atoms with E-state index in [4.69, 9.17) is 14.2 Å². The molecule has 2 aliphatic heterocycles. The van der Waals surface area contributed by atoms with Crippen LogP contribution < -0.4 is 4.74 Å². The Morgan fingerprint density at radius 3 is 2.39 bits per heavy atom. The molecule has 5 heteroatoms. The number of benzene rings is 1. The second-order valence-corrected chi connectivity index (χ2v) is 6.26. The number of rotatable bonds is 4. The molecule has 0 bridgehead atoms. The Hall–Kier alpha value is -1.59. The fourth-order valence-corrected chi connectivity index (χ4v) is 3.15. The molecule has 2 heterocycles. The molecule has 126 valence electrons. The van der Waals surface area contributed by atoms with Crippen LogP contribution in [0.15, 0.2) is 24.3 Å². The normalized spacial score (nSPS) is 21.4. The quantitative estimate of drug-likeness (QED) is 0.855. The van der Waals surface area contributed by atoms with Crippen molar-refractivity contribution in [2.45, 2.75) is 45.0 Å². The molecule has 0 radical (unpaired) electrons. The third-order valence-electron chi connectivity index (χ3n) is 4.60. The maximum absolute atomic E-state index is 12.7. The van der Waals surface area contributed by atoms with Gasteiger partial charge in [-0.25, -0.2) is 0 Å². The van der Waals surface area contributed by atoms with E-state index in [2.05, 4.69) is 0 Å². The van der Waals surface area contributed by atoms with Crippen molar-refractivity contribution in [3.63, 3.8) is 0 Å². The summed E-state index contributed by atoms with van der Waals surface area (Å²) in [7, 11) is 0. The summed E-state index contributed by atoms with van der Waals surface area (Å²) >= 11 is 0. The second kappa shape index (κ2) is 6.89. The van der Waals surface area contributed by atoms with Crippen LogP contribution in [0.25, 0.3) is 0 Å². The highest BCUT2D eigenvalue weighted by atomic mass is 16.7. The molecule has 0 aromatic heterocycles. The summed E-state index contributed by atoms with van der Waals surface area (Å²) in [4.78, 5) is 14.6. The van der Waals surface area contributed by atoms with Gasteiger partial charge in [0.15, 0.2) is 11.9 Å². The van der Waals surface area contributed by atoms with E-state index in [1.165, 1.54) is 5.56 Å². The van der Waals surface area contributed by atoms with Gasteiger partial charge in [0.05, 0.1) is 13.2 Å². The molecule has 1 atom stereocenters. The van der Waals surface area contributed by atoms with E-state index in [1.54, 1.807) is 0 Å². The highest BCUT2D eigenvalue weighted by Gasteiger charge is 2.41. The van der Waals surface area contributed by atoms with Gasteiger partial charge in [-0.05, 0) is 25.5 Å². The third kappa shape index (κ3) is 3.67. The number of aryl methyl sites for hydroxylation is 1. The first kappa shape index (κ1) is 16.3. The molecule has 2 aliphatic rings. The SMILES string of the molecule is CCC(Oc1ccc(C)cc1)C(=O)N1CCC2(CC1)OCCO2. The van der Waals surface area contributed by atoms with E-state index < -0.39 is 11.9 Å². The van der Waals surface area contributed by atoms with Crippen molar-refractivity contribution in [3.05, 3.63) is 29.8 Å². The number of nitrogens with zero attached hydrogens (tertiary/aromatic N) is 1. The van der Waals surface area contributed by atoms with Gasteiger partial charge in [-0.1, -0.05) is 24.6 Å². The number of amides is 1. The van der Waals surface area contributed by atoms with E-state index in [0.717, 1.165) is 18.6 Å². The van der Waals surface area contributed by atoms with E-state index in [1.807, 2.05) is 43.0 Å². The Morgan fingerprint density at radius 2 is 1.83 bits per heavy atom. The average molecular weight is 319 g/mol. The first-order valence-corrected chi connectivity index (χ1v) is 8.42. The molecular formula is C18H25NO4. The van der Waals surface area contributed by atoms with Crippen LogP contribution in [0.5, 0.6) is 5.75 Å². The number of hydrogen-bond acceptors (Lipinski definition) is 4. The van der Waals surface area contributed by atoms with E-state index >= 15 is 0 Å². The maximum Gasteiger partial charge on any atom is 0.263 e. The predicted molar refractivity (Wildman–Crippen MR) is 86.3 cm³/mol. The number of likely N-dealkylation sites (tertiary alicyclic amines) is 1. The van der Waals surface area contributed by atoms with E-state index in [-0.39, 0.29) is 5.91 Å². The summed E-state index contributed by atoms with van der Waals surface area (Å²) in [6.07, 6.45) is 1.69. The predicted octanol–water partition coefficient (Wildman–Crippen LogP) is 2.52. The summed E-state index contributed by atoms with van der Waals surface area (Å²) in [5.41, 5.74) is 1.18. The number of hydrogen-bond donors (Lipinski definition) is 0. The topological polar surface area (TPSA) is 48.0 Å². The molecule has 5 nitrogen and oxygen atoms in total. The van der Waals surface area contributed by atoms with Crippen molar-refractivity contribution in [2.24, 2.45) is 0 Å². The lowest BCUT2D eigenvalue weighted by molar-refractivity contribution is -0.189. The lowest BCUT2D eigenvalue weighted by atomic mass is 10.0. The number of ether oxygens (including phenoxy) is 3. The van der Waals surface area contributed by atoms with Crippen molar-refractivity contribution in [1.82, 2.24) is 4.90 Å². The van der Waals surface area contributed by atoms with Crippen molar-refractivity contribution in [3.8, 4) is 5.75 Å². The fraction of sp³-hybridized carbons (Fsp3) is 0.611. The Kier molecular flexibility index (Phi) is 4.87. The number of carbonyl (C=O) groups is 1. The Balaban J connectivity index is 1.58. The fourth-order valence-electron chi connectivity index (χ4n) is 3.15. The van der Waals surface area contributed by atoms with Crippen molar-refractivity contribution >= 4 is 5.91 Å². The number of carbonyl (C=O) groups excluding carboxylic acids is 1. The lowest BCUT2D eigenvalue weighted by Gasteiger charge is -2.38. The van der Waals surface area contributed by atoms with Crippen molar-refractivity contribution in [1.29, 1.82) is 0 Å². The van der Waals surface area contributed by atoms with Gasteiger partial charge in [-0.15, -0.1) is 0 Å². The first-order chi connectivity index (χ1) is 11.1. The van der Waals surface area contributed by atoms with Crippen LogP contribution in [0.1, 0.15) is 31.7 Å². The van der Waals surface area contributed by atoms with Gasteiger partial charge in [0.25, 0.3) is 5.91 Å². The van der Waals surface area contributed by atoms with Gasteiger partial charge in [0, 0.05) is 25.9 Å². The van der Waals surface area contributed by atoms with Crippen molar-refractivity contribution < 1.29 is 19.0 Å². The first-order valence-electron chi connectivity index (χ1n) is 8.42. The molecule has 3 rings (SSSR count). The van der Waals surface area contributed by atoms with E-state index in [0.29, 0.717) is 32.7 Å². The molecule has 0 N–H and O–H groups in total. The molecule has 0 aliphatic carbocycles. The smallest absolute Gasteiger partial charge is 0.263 e. The highest BCUT2D eigenvalue weighted by Crippen LogP contribution is 2.31. The second-order valence-electron chi connectivity index (χ2n) is 6.26. The zero-order valence-corrected chi connectivity index (χ0v) is 13.9. The Bertz CT molecular complexity index is 526. The van der Waals surface area contributed by atoms with Crippen molar-refractivity contribution in [2.75, 3.05) is 26.3 Å². The van der Waals surface area contributed by atoms with Crippen LogP contribution in [-0.4, -0.2) is 49.0 Å². The monoisotopic (exact) mass is 319 g/mol. The summed E-state index contributed by atoms with van der Waals surface area (Å²) in [6, 6.07) is 7.81. The molecular weight excluding hydrogens is 294 g/mol. The van der Waals surface area contributed by atoms with E-state index in [9.17, 15) is 4.79 Å². The largest absolute Gasteiger partial charge is 0.481 e. The molecule has 2 saturated heterocycles. The molecule has 1 unspecified atom stereocenters. The number of piperidine rings is 1. The zero-order chi connectivity index (χ0) is 16.3. The lowest BCUT2D eigenvalue weighted by Crippen LogP contribution is -2.50. The average Bonchev–Trinajstić information content (AvgIpc) is 3.02. The summed E-state index contributed by atoms with van der Waals surface area (Å²) < 4.78 is 17.3. The molecule has 1 aromatic rings. The van der Waals surface area contributed by atoms with Crippen LogP contribution in [-0.2, 0) is 14.3 Å². The van der Waals surface area contributed by atoms with Gasteiger partial charge in [0.2, 0.25) is 0 Å². The molecule has 2 fully saturated rings. The molecule has 1 aromatic carbocycles. The minimum atomic E-state index is -0.448. The van der Waals surface area contributed by atoms with Gasteiger partial charge in [-0.3, -0.25) is 4.79 Å². The molecule has 23 heavy (non-hydrogen) atoms. The van der Waals surface area contributed by atoms with Crippen LogP contribution in [0.4, 0.5) is 0 Å². The van der Waals surface area contributed by atoms with Gasteiger partial charge in [0.1, 0.15) is 5.75 Å². The summed E-state index contributed by atoms with van der Waals surface area (Å²) in [6.45, 7) is 6.64. The minimum absolute atomic E-state index is 0.0564. The van der Waals surface area contributed by atoms with Crippen LogP contribution in [0.3, 0.4) is 0 Å². The summed E-state index contributed by atoms with van der Waals surface area (Å²) in [5, 5.41) is 0. The summed E-state index contributed by atoms with van der Waals surface area (Å²) in [5.74, 6) is 0.351. The van der Waals surface area contributed by atoms with Gasteiger partial charge in [-0.2, -0.15) is 0 Å².